The lowest BCUT2D eigenvalue weighted by atomic mass is 10.0. The van der Waals surface area contributed by atoms with Crippen LogP contribution >= 0.6 is 0 Å². The van der Waals surface area contributed by atoms with Gasteiger partial charge in [-0.15, -0.1) is 0 Å². The van der Waals surface area contributed by atoms with E-state index < -0.39 is 6.10 Å². The Kier molecular flexibility index (Phi) is 5.17. The number of aliphatic hydroxyl groups is 1. The van der Waals surface area contributed by atoms with Crippen molar-refractivity contribution in [2.45, 2.75) is 38.5 Å². The number of carbonyl (C=O) groups excluding carboxylic acids is 1. The molecule has 3 rings (SSSR count). The van der Waals surface area contributed by atoms with Crippen molar-refractivity contribution in [2.24, 2.45) is 0 Å². The van der Waals surface area contributed by atoms with Gasteiger partial charge in [0, 0.05) is 57.7 Å². The van der Waals surface area contributed by atoms with Gasteiger partial charge in [0.2, 0.25) is 0 Å². The Bertz CT molecular complexity index is 499. The maximum absolute atomic E-state index is 12.3. The second-order valence-electron chi connectivity index (χ2n) is 6.47. The maximum atomic E-state index is 12.3. The average Bonchev–Trinajstić information content (AvgIpc) is 3.17. The number of likely N-dealkylation sites (tertiary alicyclic amines) is 1. The van der Waals surface area contributed by atoms with Crippen LogP contribution in [-0.4, -0.2) is 87.0 Å². The lowest BCUT2D eigenvalue weighted by molar-refractivity contribution is 0.0680. The highest BCUT2D eigenvalue weighted by Crippen LogP contribution is 2.21. The Morgan fingerprint density at radius 1 is 1.26 bits per heavy atom. The van der Waals surface area contributed by atoms with Crippen molar-refractivity contribution in [3.63, 3.8) is 0 Å². The first-order valence-corrected chi connectivity index (χ1v) is 8.60. The van der Waals surface area contributed by atoms with E-state index in [2.05, 4.69) is 10.00 Å². The summed E-state index contributed by atoms with van der Waals surface area (Å²) in [7, 11) is 0. The Morgan fingerprint density at radius 3 is 2.65 bits per heavy atom. The van der Waals surface area contributed by atoms with Crippen molar-refractivity contribution in [3.05, 3.63) is 18.5 Å². The van der Waals surface area contributed by atoms with Crippen LogP contribution in [0.3, 0.4) is 0 Å². The summed E-state index contributed by atoms with van der Waals surface area (Å²) in [6.45, 7) is 7.63. The minimum Gasteiger partial charge on any atom is -0.390 e. The number of amides is 2. The van der Waals surface area contributed by atoms with Crippen molar-refractivity contribution in [1.29, 1.82) is 0 Å². The fourth-order valence-corrected chi connectivity index (χ4v) is 3.63. The Hall–Kier alpha value is -1.60. The number of nitrogens with zero attached hydrogens (tertiary/aromatic N) is 5. The van der Waals surface area contributed by atoms with Crippen LogP contribution in [0.15, 0.2) is 18.5 Å². The number of hydrogen-bond acceptors (Lipinski definition) is 4. The van der Waals surface area contributed by atoms with Gasteiger partial charge in [-0.1, -0.05) is 0 Å². The molecule has 3 heterocycles. The molecule has 23 heavy (non-hydrogen) atoms. The van der Waals surface area contributed by atoms with Crippen LogP contribution in [0.1, 0.15) is 19.8 Å². The number of aromatic nitrogens is 2. The van der Waals surface area contributed by atoms with E-state index in [9.17, 15) is 9.90 Å². The molecule has 2 fully saturated rings. The molecule has 1 aromatic rings. The second kappa shape index (κ2) is 7.31. The van der Waals surface area contributed by atoms with Crippen molar-refractivity contribution >= 4 is 6.03 Å². The second-order valence-corrected chi connectivity index (χ2v) is 6.47. The van der Waals surface area contributed by atoms with Gasteiger partial charge in [0.1, 0.15) is 0 Å². The fraction of sp³-hybridized carbons (Fsp3) is 0.750. The SMILES string of the molecule is CCN1CCN(C2CCN(CC(O)Cn3cccn3)CC2)C1=O. The number of carbonyl (C=O) groups is 1. The summed E-state index contributed by atoms with van der Waals surface area (Å²) in [5, 5.41) is 14.3. The largest absolute Gasteiger partial charge is 0.390 e. The van der Waals surface area contributed by atoms with Crippen LogP contribution in [0.2, 0.25) is 0 Å². The lowest BCUT2D eigenvalue weighted by Gasteiger charge is -2.37. The minimum absolute atomic E-state index is 0.199. The van der Waals surface area contributed by atoms with E-state index in [1.54, 1.807) is 10.9 Å². The first-order valence-electron chi connectivity index (χ1n) is 8.60. The third-order valence-electron chi connectivity index (χ3n) is 4.93. The van der Waals surface area contributed by atoms with Gasteiger partial charge in [-0.05, 0) is 25.8 Å². The highest BCUT2D eigenvalue weighted by Gasteiger charge is 2.34. The molecule has 0 radical (unpaired) electrons. The first-order chi connectivity index (χ1) is 11.2. The van der Waals surface area contributed by atoms with Gasteiger partial charge in [-0.2, -0.15) is 5.10 Å². The summed E-state index contributed by atoms with van der Waals surface area (Å²) in [5.41, 5.74) is 0. The maximum Gasteiger partial charge on any atom is 0.320 e. The zero-order valence-corrected chi connectivity index (χ0v) is 13.8. The molecule has 2 aliphatic rings. The summed E-state index contributed by atoms with van der Waals surface area (Å²) in [6, 6.07) is 2.42. The summed E-state index contributed by atoms with van der Waals surface area (Å²) in [5.74, 6) is 0. The molecule has 1 aromatic heterocycles. The lowest BCUT2D eigenvalue weighted by Crippen LogP contribution is -2.48. The molecule has 0 aliphatic carbocycles. The molecule has 2 saturated heterocycles. The van der Waals surface area contributed by atoms with Gasteiger partial charge >= 0.3 is 6.03 Å². The van der Waals surface area contributed by atoms with Crippen LogP contribution in [-0.2, 0) is 6.54 Å². The normalized spacial score (nSPS) is 22.1. The molecule has 7 nitrogen and oxygen atoms in total. The topological polar surface area (TPSA) is 64.8 Å². The van der Waals surface area contributed by atoms with Crippen LogP contribution in [0.4, 0.5) is 4.79 Å². The van der Waals surface area contributed by atoms with E-state index in [0.29, 0.717) is 19.1 Å². The van der Waals surface area contributed by atoms with Crippen molar-refractivity contribution in [3.8, 4) is 0 Å². The van der Waals surface area contributed by atoms with Gasteiger partial charge in [0.05, 0.1) is 12.6 Å². The Morgan fingerprint density at radius 2 is 2.04 bits per heavy atom. The fourth-order valence-electron chi connectivity index (χ4n) is 3.63. The van der Waals surface area contributed by atoms with Gasteiger partial charge < -0.3 is 19.8 Å². The van der Waals surface area contributed by atoms with E-state index in [4.69, 9.17) is 0 Å². The third kappa shape index (κ3) is 3.84. The molecular formula is C16H27N5O2. The summed E-state index contributed by atoms with van der Waals surface area (Å²) >= 11 is 0. The predicted molar refractivity (Wildman–Crippen MR) is 87.0 cm³/mol. The quantitative estimate of drug-likeness (QED) is 0.827. The monoisotopic (exact) mass is 321 g/mol. The Balaban J connectivity index is 1.43. The molecule has 1 unspecified atom stereocenters. The molecule has 0 bridgehead atoms. The Labute approximate surface area is 137 Å². The van der Waals surface area contributed by atoms with E-state index in [1.165, 1.54) is 0 Å². The molecule has 0 saturated carbocycles. The van der Waals surface area contributed by atoms with E-state index >= 15 is 0 Å². The van der Waals surface area contributed by atoms with Crippen LogP contribution < -0.4 is 0 Å². The van der Waals surface area contributed by atoms with Gasteiger partial charge in [0.25, 0.3) is 0 Å². The number of hydrogen-bond donors (Lipinski definition) is 1. The number of aliphatic hydroxyl groups excluding tert-OH is 1. The van der Waals surface area contributed by atoms with Crippen LogP contribution in [0.5, 0.6) is 0 Å². The molecule has 7 heteroatoms. The van der Waals surface area contributed by atoms with E-state index in [1.807, 2.05) is 29.0 Å². The van der Waals surface area contributed by atoms with E-state index in [-0.39, 0.29) is 6.03 Å². The molecule has 0 spiro atoms. The predicted octanol–water partition coefficient (Wildman–Crippen LogP) is 0.466. The molecule has 2 aliphatic heterocycles. The van der Waals surface area contributed by atoms with Crippen LogP contribution in [0.25, 0.3) is 0 Å². The highest BCUT2D eigenvalue weighted by atomic mass is 16.3. The number of likely N-dealkylation sites (N-methyl/N-ethyl adjacent to an activating group) is 1. The summed E-state index contributed by atoms with van der Waals surface area (Å²) in [4.78, 5) is 18.5. The first kappa shape index (κ1) is 16.3. The number of urea groups is 1. The summed E-state index contributed by atoms with van der Waals surface area (Å²) < 4.78 is 1.76. The summed E-state index contributed by atoms with van der Waals surface area (Å²) in [6.07, 6.45) is 5.18. The number of rotatable bonds is 6. The molecule has 0 aromatic carbocycles. The number of piperidine rings is 1. The average molecular weight is 321 g/mol. The zero-order valence-electron chi connectivity index (χ0n) is 13.8. The minimum atomic E-state index is -0.407. The van der Waals surface area contributed by atoms with E-state index in [0.717, 1.165) is 45.6 Å². The van der Waals surface area contributed by atoms with Crippen LogP contribution in [0, 0.1) is 0 Å². The number of β-amino-alcohol motifs (C(OH)–C–C–N with tert-alkyl or cyclic N) is 1. The highest BCUT2D eigenvalue weighted by molar-refractivity contribution is 5.76. The van der Waals surface area contributed by atoms with Crippen molar-refractivity contribution in [2.75, 3.05) is 39.3 Å². The third-order valence-corrected chi connectivity index (χ3v) is 4.93. The van der Waals surface area contributed by atoms with Gasteiger partial charge in [-0.25, -0.2) is 4.79 Å². The molecule has 128 valence electrons. The molecular weight excluding hydrogens is 294 g/mol. The molecule has 1 N–H and O–H groups in total. The standard InChI is InChI=1S/C16H27N5O2/c1-2-19-10-11-21(16(19)23)14-4-8-18(9-5-14)12-15(22)13-20-7-3-6-17-20/h3,6-7,14-15,22H,2,4-5,8-13H2,1H3. The molecule has 1 atom stereocenters. The van der Waals surface area contributed by atoms with Crippen molar-refractivity contribution in [1.82, 2.24) is 24.5 Å². The molecule has 2 amide bonds. The van der Waals surface area contributed by atoms with Crippen molar-refractivity contribution < 1.29 is 9.90 Å². The van der Waals surface area contributed by atoms with Gasteiger partial charge in [-0.3, -0.25) is 4.68 Å². The smallest absolute Gasteiger partial charge is 0.320 e. The zero-order chi connectivity index (χ0) is 16.2. The van der Waals surface area contributed by atoms with Gasteiger partial charge in [0.15, 0.2) is 0 Å².